The lowest BCUT2D eigenvalue weighted by atomic mass is 9.98. The van der Waals surface area contributed by atoms with Crippen molar-refractivity contribution in [2.45, 2.75) is 26.2 Å². The number of hydrogen-bond acceptors (Lipinski definition) is 6. The number of nitrogens with one attached hydrogen (secondary N) is 2. The fourth-order valence-corrected chi connectivity index (χ4v) is 3.62. The molecule has 0 saturated carbocycles. The largest absolute Gasteiger partial charge is 0.343 e. The third-order valence-corrected chi connectivity index (χ3v) is 5.25. The average Bonchev–Trinajstić information content (AvgIpc) is 2.98. The lowest BCUT2D eigenvalue weighted by Gasteiger charge is -2.31. The highest BCUT2D eigenvalue weighted by Crippen LogP contribution is 2.18. The summed E-state index contributed by atoms with van der Waals surface area (Å²) in [7, 11) is -3.40. The van der Waals surface area contributed by atoms with Crippen molar-refractivity contribution in [3.63, 3.8) is 0 Å². The van der Waals surface area contributed by atoms with Gasteiger partial charge >= 0.3 is 0 Å². The third kappa shape index (κ3) is 5.03. The van der Waals surface area contributed by atoms with Crippen LogP contribution in [0.4, 0.5) is 0 Å². The lowest BCUT2D eigenvalue weighted by Crippen LogP contribution is -2.46. The van der Waals surface area contributed by atoms with E-state index in [1.165, 1.54) is 10.7 Å². The summed E-state index contributed by atoms with van der Waals surface area (Å²) in [6.45, 7) is 5.43. The zero-order valence-electron chi connectivity index (χ0n) is 12.3. The van der Waals surface area contributed by atoms with Gasteiger partial charge in [0.1, 0.15) is 0 Å². The molecule has 8 nitrogen and oxygen atoms in total. The first-order valence-electron chi connectivity index (χ1n) is 7.32. The van der Waals surface area contributed by atoms with Gasteiger partial charge in [0.05, 0.1) is 0 Å². The van der Waals surface area contributed by atoms with Crippen LogP contribution >= 0.6 is 0 Å². The van der Waals surface area contributed by atoms with Gasteiger partial charge in [-0.3, -0.25) is 0 Å². The van der Waals surface area contributed by atoms with E-state index >= 15 is 0 Å². The van der Waals surface area contributed by atoms with Crippen molar-refractivity contribution in [3.05, 3.63) is 12.2 Å². The summed E-state index contributed by atoms with van der Waals surface area (Å²) in [5.41, 5.74) is 0. The monoisotopic (exact) mass is 317 g/mol. The summed E-state index contributed by atoms with van der Waals surface area (Å²) in [4.78, 5) is 3.85. The van der Waals surface area contributed by atoms with Gasteiger partial charge in [-0.1, -0.05) is 12.1 Å². The maximum absolute atomic E-state index is 12.2. The molecule has 0 aliphatic carbocycles. The molecular formula is C12H23N5O3S. The van der Waals surface area contributed by atoms with Crippen LogP contribution in [-0.2, 0) is 16.6 Å². The standard InChI is InChI=1S/C12H23N5O3S/c1-2-13-9-11-4-7-17(8-5-11)21(18,19)15-6-3-12-14-10-20-16-12/h10-11,13,15H,2-9H2,1H3. The Morgan fingerprint density at radius 3 is 2.81 bits per heavy atom. The van der Waals surface area contributed by atoms with Gasteiger partial charge in [-0.2, -0.15) is 17.7 Å². The SMILES string of the molecule is CCNCC1CCN(S(=O)(=O)NCCc2ncon2)CC1. The van der Waals surface area contributed by atoms with E-state index in [1.807, 2.05) is 0 Å². The van der Waals surface area contributed by atoms with Crippen molar-refractivity contribution in [2.75, 3.05) is 32.7 Å². The van der Waals surface area contributed by atoms with E-state index in [0.717, 1.165) is 25.9 Å². The first-order valence-corrected chi connectivity index (χ1v) is 8.76. The van der Waals surface area contributed by atoms with Crippen LogP contribution in [0, 0.1) is 5.92 Å². The quantitative estimate of drug-likeness (QED) is 0.687. The Morgan fingerprint density at radius 1 is 1.43 bits per heavy atom. The van der Waals surface area contributed by atoms with Crippen molar-refractivity contribution >= 4 is 10.2 Å². The first kappa shape index (κ1) is 16.3. The maximum atomic E-state index is 12.2. The lowest BCUT2D eigenvalue weighted by molar-refractivity contribution is 0.266. The topological polar surface area (TPSA) is 100 Å². The fourth-order valence-electron chi connectivity index (χ4n) is 2.39. The highest BCUT2D eigenvalue weighted by atomic mass is 32.2. The Labute approximate surface area is 125 Å². The number of rotatable bonds is 8. The predicted molar refractivity (Wildman–Crippen MR) is 77.8 cm³/mol. The molecule has 0 radical (unpaired) electrons. The van der Waals surface area contributed by atoms with Crippen molar-refractivity contribution in [3.8, 4) is 0 Å². The second kappa shape index (κ2) is 7.83. The van der Waals surface area contributed by atoms with Gasteiger partial charge in [-0.05, 0) is 31.8 Å². The van der Waals surface area contributed by atoms with Gasteiger partial charge in [-0.25, -0.2) is 4.72 Å². The van der Waals surface area contributed by atoms with Gasteiger partial charge in [0.25, 0.3) is 10.2 Å². The van der Waals surface area contributed by atoms with E-state index in [2.05, 4.69) is 31.6 Å². The summed E-state index contributed by atoms with van der Waals surface area (Å²) in [5, 5.41) is 6.96. The fraction of sp³-hybridized carbons (Fsp3) is 0.833. The maximum Gasteiger partial charge on any atom is 0.279 e. The second-order valence-corrected chi connectivity index (χ2v) is 6.90. The highest BCUT2D eigenvalue weighted by molar-refractivity contribution is 7.87. The highest BCUT2D eigenvalue weighted by Gasteiger charge is 2.27. The van der Waals surface area contributed by atoms with Crippen LogP contribution in [0.1, 0.15) is 25.6 Å². The first-order chi connectivity index (χ1) is 10.1. The minimum atomic E-state index is -3.40. The van der Waals surface area contributed by atoms with Crippen molar-refractivity contribution in [1.82, 2.24) is 24.5 Å². The summed E-state index contributed by atoms with van der Waals surface area (Å²) in [6, 6.07) is 0. The van der Waals surface area contributed by atoms with Crippen LogP contribution in [0.15, 0.2) is 10.9 Å². The third-order valence-electron chi connectivity index (χ3n) is 3.64. The zero-order chi connectivity index (χ0) is 15.1. The van der Waals surface area contributed by atoms with Crippen LogP contribution < -0.4 is 10.0 Å². The normalized spacial score (nSPS) is 18.1. The zero-order valence-corrected chi connectivity index (χ0v) is 13.1. The molecule has 0 aromatic carbocycles. The minimum Gasteiger partial charge on any atom is -0.343 e. The predicted octanol–water partition coefficient (Wildman–Crippen LogP) is -0.232. The molecule has 1 saturated heterocycles. The molecule has 0 amide bonds. The number of hydrogen-bond donors (Lipinski definition) is 2. The molecule has 1 aliphatic rings. The average molecular weight is 317 g/mol. The van der Waals surface area contributed by atoms with Gasteiger partial charge in [0, 0.05) is 26.1 Å². The molecule has 9 heteroatoms. The molecule has 1 aromatic rings. The van der Waals surface area contributed by atoms with Crippen LogP contribution in [0.5, 0.6) is 0 Å². The van der Waals surface area contributed by atoms with E-state index in [0.29, 0.717) is 31.3 Å². The molecule has 1 fully saturated rings. The smallest absolute Gasteiger partial charge is 0.279 e. The van der Waals surface area contributed by atoms with Crippen LogP contribution in [-0.4, -0.2) is 55.6 Å². The Hall–Kier alpha value is -1.03. The molecular weight excluding hydrogens is 294 g/mol. The van der Waals surface area contributed by atoms with E-state index in [9.17, 15) is 8.42 Å². The van der Waals surface area contributed by atoms with E-state index < -0.39 is 10.2 Å². The molecule has 0 atom stereocenters. The molecule has 2 heterocycles. The number of aromatic nitrogens is 2. The van der Waals surface area contributed by atoms with Crippen LogP contribution in [0.25, 0.3) is 0 Å². The molecule has 0 spiro atoms. The van der Waals surface area contributed by atoms with E-state index in [-0.39, 0.29) is 6.54 Å². The molecule has 2 rings (SSSR count). The molecule has 0 unspecified atom stereocenters. The van der Waals surface area contributed by atoms with Crippen molar-refractivity contribution < 1.29 is 12.9 Å². The number of piperidine rings is 1. The summed E-state index contributed by atoms with van der Waals surface area (Å²) < 4.78 is 33.0. The van der Waals surface area contributed by atoms with Gasteiger partial charge in [0.15, 0.2) is 5.82 Å². The van der Waals surface area contributed by atoms with Gasteiger partial charge < -0.3 is 9.84 Å². The Morgan fingerprint density at radius 2 is 2.19 bits per heavy atom. The summed E-state index contributed by atoms with van der Waals surface area (Å²) in [5.74, 6) is 1.07. The number of nitrogens with zero attached hydrogens (tertiary/aromatic N) is 3. The summed E-state index contributed by atoms with van der Waals surface area (Å²) in [6.07, 6.45) is 3.46. The molecule has 2 N–H and O–H groups in total. The van der Waals surface area contributed by atoms with Crippen molar-refractivity contribution in [2.24, 2.45) is 5.92 Å². The molecule has 120 valence electrons. The Kier molecular flexibility index (Phi) is 6.09. The van der Waals surface area contributed by atoms with Gasteiger partial charge in [0.2, 0.25) is 6.39 Å². The Balaban J connectivity index is 1.73. The summed E-state index contributed by atoms with van der Waals surface area (Å²) >= 11 is 0. The molecule has 0 bridgehead atoms. The van der Waals surface area contributed by atoms with E-state index in [4.69, 9.17) is 0 Å². The van der Waals surface area contributed by atoms with Crippen LogP contribution in [0.3, 0.4) is 0 Å². The van der Waals surface area contributed by atoms with Crippen LogP contribution in [0.2, 0.25) is 0 Å². The molecule has 1 aromatic heterocycles. The second-order valence-electron chi connectivity index (χ2n) is 5.15. The minimum absolute atomic E-state index is 0.277. The van der Waals surface area contributed by atoms with Crippen molar-refractivity contribution in [1.29, 1.82) is 0 Å². The Bertz CT molecular complexity index is 497. The molecule has 21 heavy (non-hydrogen) atoms. The van der Waals surface area contributed by atoms with E-state index in [1.54, 1.807) is 0 Å². The van der Waals surface area contributed by atoms with Gasteiger partial charge in [-0.15, -0.1) is 0 Å². The molecule has 1 aliphatic heterocycles.